The zero-order chi connectivity index (χ0) is 23.0. The van der Waals surface area contributed by atoms with Crippen molar-refractivity contribution in [2.75, 3.05) is 19.6 Å². The van der Waals surface area contributed by atoms with E-state index in [0.717, 1.165) is 55.1 Å². The molecule has 188 valence electrons. The quantitative estimate of drug-likeness (QED) is 0.563. The molecular weight excluding hydrogens is 406 g/mol. The summed E-state index contributed by atoms with van der Waals surface area (Å²) in [5, 5.41) is 7.67. The predicted molar refractivity (Wildman–Crippen MR) is 135 cm³/mol. The van der Waals surface area contributed by atoms with E-state index in [4.69, 9.17) is 10.5 Å². The molecule has 0 amide bonds. The summed E-state index contributed by atoms with van der Waals surface area (Å²) in [6.07, 6.45) is 14.4. The normalized spacial score (nSPS) is 57.9. The van der Waals surface area contributed by atoms with Crippen molar-refractivity contribution in [3.05, 3.63) is 0 Å². The van der Waals surface area contributed by atoms with Crippen LogP contribution in [0, 0.1) is 52.3 Å². The van der Waals surface area contributed by atoms with Gasteiger partial charge in [0.1, 0.15) is 5.72 Å². The maximum atomic E-state index is 7.07. The Morgan fingerprint density at radius 2 is 1.76 bits per heavy atom. The molecule has 1 spiro atoms. The third-order valence-electron chi connectivity index (χ3n) is 12.7. The molecule has 6 fully saturated rings. The monoisotopic (exact) mass is 457 g/mol. The van der Waals surface area contributed by atoms with E-state index in [1.807, 2.05) is 0 Å². The lowest BCUT2D eigenvalue weighted by Crippen LogP contribution is -2.58. The van der Waals surface area contributed by atoms with Gasteiger partial charge in [0.25, 0.3) is 0 Å². The molecule has 0 aromatic carbocycles. The van der Waals surface area contributed by atoms with E-state index >= 15 is 0 Å². The van der Waals surface area contributed by atoms with Gasteiger partial charge in [-0.05, 0) is 111 Å². The molecule has 2 aliphatic heterocycles. The van der Waals surface area contributed by atoms with Gasteiger partial charge in [0.05, 0.1) is 6.10 Å². The third-order valence-corrected chi connectivity index (χ3v) is 12.7. The van der Waals surface area contributed by atoms with Crippen molar-refractivity contribution in [1.29, 1.82) is 0 Å². The minimum atomic E-state index is -0.0226. The van der Waals surface area contributed by atoms with Gasteiger partial charge in [-0.1, -0.05) is 27.7 Å². The molecule has 4 aliphatic carbocycles. The van der Waals surface area contributed by atoms with E-state index in [-0.39, 0.29) is 5.72 Å². The number of hydrogen-bond acceptors (Lipinski definition) is 4. The van der Waals surface area contributed by atoms with Gasteiger partial charge in [0, 0.05) is 31.6 Å². The first-order valence-electron chi connectivity index (χ1n) is 14.7. The van der Waals surface area contributed by atoms with E-state index in [1.165, 1.54) is 64.2 Å². The zero-order valence-corrected chi connectivity index (χ0v) is 21.9. The smallest absolute Gasteiger partial charge is 0.122 e. The Hall–Kier alpha value is -0.160. The molecule has 0 radical (unpaired) electrons. The van der Waals surface area contributed by atoms with Gasteiger partial charge in [0.15, 0.2) is 0 Å². The molecule has 12 atom stereocenters. The van der Waals surface area contributed by atoms with Gasteiger partial charge in [-0.3, -0.25) is 5.32 Å². The molecule has 0 bridgehead atoms. The van der Waals surface area contributed by atoms with Crippen LogP contribution in [0.25, 0.3) is 0 Å². The topological polar surface area (TPSA) is 59.3 Å². The van der Waals surface area contributed by atoms with Crippen LogP contribution in [0.3, 0.4) is 0 Å². The molecule has 4 saturated carbocycles. The molecule has 4 heteroatoms. The van der Waals surface area contributed by atoms with E-state index in [0.29, 0.717) is 28.9 Å². The summed E-state index contributed by atoms with van der Waals surface area (Å²) in [4.78, 5) is 0. The first-order valence-corrected chi connectivity index (χ1v) is 14.7. The maximum absolute atomic E-state index is 7.07. The summed E-state index contributed by atoms with van der Waals surface area (Å²) in [5.41, 5.74) is 6.81. The largest absolute Gasteiger partial charge is 0.357 e. The van der Waals surface area contributed by atoms with Crippen LogP contribution in [0.2, 0.25) is 0 Å². The lowest BCUT2D eigenvalue weighted by atomic mass is 9.44. The molecule has 0 aromatic heterocycles. The summed E-state index contributed by atoms with van der Waals surface area (Å²) in [7, 11) is 0. The summed E-state index contributed by atoms with van der Waals surface area (Å²) < 4.78 is 7.07. The van der Waals surface area contributed by atoms with Crippen molar-refractivity contribution in [3.63, 3.8) is 0 Å². The number of nitrogens with one attached hydrogen (secondary N) is 2. The van der Waals surface area contributed by atoms with Crippen molar-refractivity contribution in [3.8, 4) is 0 Å². The molecule has 4 N–H and O–H groups in total. The van der Waals surface area contributed by atoms with Gasteiger partial charge < -0.3 is 15.8 Å². The van der Waals surface area contributed by atoms with Gasteiger partial charge >= 0.3 is 0 Å². The number of hydrogen-bond donors (Lipinski definition) is 3. The predicted octanol–water partition coefficient (Wildman–Crippen LogP) is 4.92. The van der Waals surface area contributed by atoms with E-state index in [2.05, 4.69) is 38.3 Å². The van der Waals surface area contributed by atoms with Gasteiger partial charge in [-0.2, -0.15) is 0 Å². The van der Waals surface area contributed by atoms with Crippen LogP contribution in [-0.4, -0.2) is 37.5 Å². The molecule has 6 rings (SSSR count). The standard InChI is InChI=1S/C29H51N3O/c1-18-7-12-29(32-17-18)19(2)26-25(33-29)16-24-22-6-5-20-15-21(31-14-13-30)8-10-27(20,3)23(22)9-11-28(24,26)4/h18-26,31-32H,5-17,30H2,1-4H3/t18?,19?,20?,21?,22?,23?,24?,25?,26?,27?,28?,29-/m0/s1. The first kappa shape index (κ1) is 23.3. The van der Waals surface area contributed by atoms with Crippen molar-refractivity contribution in [2.24, 2.45) is 58.0 Å². The first-order chi connectivity index (χ1) is 15.8. The number of nitrogens with two attached hydrogens (primary N) is 1. The third kappa shape index (κ3) is 3.36. The lowest BCUT2D eigenvalue weighted by molar-refractivity contribution is -0.134. The highest BCUT2D eigenvalue weighted by Crippen LogP contribution is 2.71. The fourth-order valence-corrected chi connectivity index (χ4v) is 10.9. The Bertz CT molecular complexity index is 734. The van der Waals surface area contributed by atoms with Crippen LogP contribution >= 0.6 is 0 Å². The number of rotatable bonds is 3. The maximum Gasteiger partial charge on any atom is 0.122 e. The van der Waals surface area contributed by atoms with Crippen LogP contribution in [0.1, 0.15) is 91.9 Å². The van der Waals surface area contributed by atoms with Crippen molar-refractivity contribution in [1.82, 2.24) is 10.6 Å². The summed E-state index contributed by atoms with van der Waals surface area (Å²) in [6.45, 7) is 13.2. The Labute approximate surface area is 202 Å². The molecule has 11 unspecified atom stereocenters. The second kappa shape index (κ2) is 8.18. The highest BCUT2D eigenvalue weighted by atomic mass is 16.5. The Morgan fingerprint density at radius 3 is 2.52 bits per heavy atom. The van der Waals surface area contributed by atoms with Crippen LogP contribution in [-0.2, 0) is 4.74 Å². The molecule has 0 aromatic rings. The van der Waals surface area contributed by atoms with Gasteiger partial charge in [0.2, 0.25) is 0 Å². The Balaban J connectivity index is 1.19. The highest BCUT2D eigenvalue weighted by molar-refractivity contribution is 5.16. The minimum Gasteiger partial charge on any atom is -0.357 e. The van der Waals surface area contributed by atoms with E-state index in [1.54, 1.807) is 0 Å². The molecule has 2 heterocycles. The molecule has 33 heavy (non-hydrogen) atoms. The van der Waals surface area contributed by atoms with Gasteiger partial charge in [-0.15, -0.1) is 0 Å². The summed E-state index contributed by atoms with van der Waals surface area (Å²) >= 11 is 0. The summed E-state index contributed by atoms with van der Waals surface area (Å²) in [6, 6.07) is 0.707. The number of fused-ring (bicyclic) bond motifs is 7. The summed E-state index contributed by atoms with van der Waals surface area (Å²) in [5.74, 6) is 5.89. The van der Waals surface area contributed by atoms with Crippen LogP contribution in [0.15, 0.2) is 0 Å². The zero-order valence-electron chi connectivity index (χ0n) is 21.9. The van der Waals surface area contributed by atoms with Crippen molar-refractivity contribution >= 4 is 0 Å². The van der Waals surface area contributed by atoms with Gasteiger partial charge in [-0.25, -0.2) is 0 Å². The number of piperidine rings is 1. The van der Waals surface area contributed by atoms with E-state index < -0.39 is 0 Å². The lowest BCUT2D eigenvalue weighted by Gasteiger charge is -2.61. The molecule has 4 nitrogen and oxygen atoms in total. The fourth-order valence-electron chi connectivity index (χ4n) is 10.9. The van der Waals surface area contributed by atoms with E-state index in [9.17, 15) is 0 Å². The average molecular weight is 458 g/mol. The van der Waals surface area contributed by atoms with Crippen molar-refractivity contribution < 1.29 is 4.74 Å². The second-order valence-corrected chi connectivity index (χ2v) is 14.0. The van der Waals surface area contributed by atoms with Crippen LogP contribution in [0.4, 0.5) is 0 Å². The fraction of sp³-hybridized carbons (Fsp3) is 1.00. The minimum absolute atomic E-state index is 0.0226. The number of ether oxygens (including phenoxy) is 1. The Kier molecular flexibility index (Phi) is 5.76. The Morgan fingerprint density at radius 1 is 0.939 bits per heavy atom. The average Bonchev–Trinajstić information content (AvgIpc) is 3.24. The second-order valence-electron chi connectivity index (χ2n) is 14.0. The molecular formula is C29H51N3O. The SMILES string of the molecule is CC1CC[C@]2(NC1)OC1CC3C4CCC5CC(NCCN)CCC5(C)C4CCC3(C)C1C2C. The highest BCUT2D eigenvalue weighted by Gasteiger charge is 2.68. The van der Waals surface area contributed by atoms with Crippen molar-refractivity contribution in [2.45, 2.75) is 110 Å². The molecule has 2 saturated heterocycles. The van der Waals surface area contributed by atoms with Crippen LogP contribution < -0.4 is 16.4 Å². The van der Waals surface area contributed by atoms with Crippen LogP contribution in [0.5, 0.6) is 0 Å². The molecule has 6 aliphatic rings.